The highest BCUT2D eigenvalue weighted by molar-refractivity contribution is 6.46. The number of hydrogen-bond donors (Lipinski definition) is 4. The van der Waals surface area contributed by atoms with Crippen LogP contribution in [-0.4, -0.2) is 53.5 Å². The Morgan fingerprint density at radius 2 is 1.73 bits per heavy atom. The van der Waals surface area contributed by atoms with E-state index in [0.717, 1.165) is 0 Å². The molecule has 4 N–H and O–H groups in total. The highest BCUT2D eigenvalue weighted by Gasteiger charge is 2.14. The minimum atomic E-state index is -1.26. The van der Waals surface area contributed by atoms with Gasteiger partial charge in [0.1, 0.15) is 13.2 Å². The summed E-state index contributed by atoms with van der Waals surface area (Å²) in [5, 5.41) is 31.4. The zero-order valence-electron chi connectivity index (χ0n) is 11.7. The molecule has 0 aromatic carbocycles. The van der Waals surface area contributed by atoms with E-state index in [4.69, 9.17) is 15.5 Å². The zero-order valence-corrected chi connectivity index (χ0v) is 11.7. The van der Waals surface area contributed by atoms with Gasteiger partial charge in [0.15, 0.2) is 0 Å². The lowest BCUT2D eigenvalue weighted by Gasteiger charge is -2.01. The van der Waals surface area contributed by atoms with E-state index in [1.165, 1.54) is 13.2 Å². The summed E-state index contributed by atoms with van der Waals surface area (Å²) in [6.45, 7) is 2.07. The van der Waals surface area contributed by atoms with Gasteiger partial charge in [-0.1, -0.05) is 5.16 Å². The van der Waals surface area contributed by atoms with Crippen molar-refractivity contribution in [1.82, 2.24) is 10.6 Å². The molecular weight excluding hydrogens is 300 g/mol. The number of oxime groups is 1. The van der Waals surface area contributed by atoms with Crippen LogP contribution < -0.4 is 10.6 Å². The van der Waals surface area contributed by atoms with E-state index in [1.54, 1.807) is 6.92 Å². The number of amides is 3. The second kappa shape index (κ2) is 12.6. The van der Waals surface area contributed by atoms with Gasteiger partial charge in [-0.3, -0.25) is 10.1 Å². The summed E-state index contributed by atoms with van der Waals surface area (Å²) in [6.07, 6.45) is 1.12. The first-order valence-electron chi connectivity index (χ1n) is 5.52. The Hall–Kier alpha value is -3.42. The second-order valence-electron chi connectivity index (χ2n) is 3.06. The van der Waals surface area contributed by atoms with Crippen LogP contribution in [0.25, 0.3) is 0 Å². The molecule has 0 aliphatic carbocycles. The van der Waals surface area contributed by atoms with Crippen LogP contribution >= 0.6 is 0 Å². The van der Waals surface area contributed by atoms with E-state index in [0.29, 0.717) is 18.7 Å². The smallest absolute Gasteiger partial charge is 0.328 e. The van der Waals surface area contributed by atoms with E-state index >= 15 is 0 Å². The molecule has 0 heterocycles. The maximum absolute atomic E-state index is 11.0. The molecule has 0 aromatic rings. The molecule has 0 radical (unpaired) electrons. The third-order valence-corrected chi connectivity index (χ3v) is 1.44. The molecule has 11 nitrogen and oxygen atoms in total. The van der Waals surface area contributed by atoms with Crippen LogP contribution in [0.1, 0.15) is 6.92 Å². The number of aliphatic carboxylic acids is 2. The summed E-state index contributed by atoms with van der Waals surface area (Å²) in [4.78, 5) is 45.2. The van der Waals surface area contributed by atoms with Gasteiger partial charge in [-0.15, -0.1) is 0 Å². The van der Waals surface area contributed by atoms with Crippen molar-refractivity contribution in [3.05, 3.63) is 12.2 Å². The van der Waals surface area contributed by atoms with Crippen LogP contribution in [0.5, 0.6) is 0 Å². The number of nitrogens with one attached hydrogen (secondary N) is 2. The SMILES string of the molecule is CCNC(=O)NC(=O)/C(C#N)=N/OC.O=C(O)/C=C/C(=O)O. The molecule has 0 aliphatic heterocycles. The molecule has 3 amide bonds. The highest BCUT2D eigenvalue weighted by Crippen LogP contribution is 1.79. The van der Waals surface area contributed by atoms with Crippen LogP contribution in [0.4, 0.5) is 4.79 Å². The Labute approximate surface area is 124 Å². The maximum Gasteiger partial charge on any atom is 0.328 e. The van der Waals surface area contributed by atoms with Gasteiger partial charge >= 0.3 is 18.0 Å². The average Bonchev–Trinajstić information content (AvgIpc) is 2.43. The molecule has 0 spiro atoms. The first kappa shape index (κ1) is 20.9. The lowest BCUT2D eigenvalue weighted by Crippen LogP contribution is -2.42. The van der Waals surface area contributed by atoms with E-state index in [2.05, 4.69) is 15.3 Å². The number of carboxylic acid groups (broad SMARTS) is 2. The molecule has 0 aliphatic rings. The number of urea groups is 1. The molecule has 0 unspecified atom stereocenters. The zero-order chi connectivity index (χ0) is 17.5. The number of rotatable bonds is 5. The van der Waals surface area contributed by atoms with Crippen molar-refractivity contribution in [3.63, 3.8) is 0 Å². The molecule has 0 saturated carbocycles. The Morgan fingerprint density at radius 1 is 1.23 bits per heavy atom. The minimum absolute atomic E-state index is 0.377. The molecule has 0 rings (SSSR count). The molecule has 0 bridgehead atoms. The molecule has 120 valence electrons. The van der Waals surface area contributed by atoms with Gasteiger partial charge in [0.25, 0.3) is 5.91 Å². The van der Waals surface area contributed by atoms with Crippen molar-refractivity contribution in [2.45, 2.75) is 6.92 Å². The third kappa shape index (κ3) is 13.0. The van der Waals surface area contributed by atoms with Crippen molar-refractivity contribution < 1.29 is 34.2 Å². The largest absolute Gasteiger partial charge is 0.478 e. The predicted molar refractivity (Wildman–Crippen MR) is 71.7 cm³/mol. The van der Waals surface area contributed by atoms with Crippen LogP contribution in [-0.2, 0) is 19.2 Å². The quantitative estimate of drug-likeness (QED) is 0.285. The Morgan fingerprint density at radius 3 is 2.05 bits per heavy atom. The fourth-order valence-electron chi connectivity index (χ4n) is 0.714. The van der Waals surface area contributed by atoms with Gasteiger partial charge in [-0.2, -0.15) is 5.26 Å². The summed E-state index contributed by atoms with van der Waals surface area (Å²) in [5.41, 5.74) is -0.515. The second-order valence-corrected chi connectivity index (χ2v) is 3.06. The van der Waals surface area contributed by atoms with E-state index in [-0.39, 0.29) is 0 Å². The summed E-state index contributed by atoms with van der Waals surface area (Å²) in [7, 11) is 1.19. The topological polar surface area (TPSA) is 178 Å². The number of carbonyl (C=O) groups is 4. The van der Waals surface area contributed by atoms with Crippen LogP contribution in [0.15, 0.2) is 17.3 Å². The minimum Gasteiger partial charge on any atom is -0.478 e. The van der Waals surface area contributed by atoms with Crippen molar-refractivity contribution in [2.75, 3.05) is 13.7 Å². The van der Waals surface area contributed by atoms with Gasteiger partial charge in [-0.05, 0) is 6.92 Å². The molecule has 0 atom stereocenters. The number of carbonyl (C=O) groups excluding carboxylic acids is 2. The van der Waals surface area contributed by atoms with Gasteiger partial charge < -0.3 is 20.4 Å². The lowest BCUT2D eigenvalue weighted by molar-refractivity contribution is -0.134. The van der Waals surface area contributed by atoms with Crippen LogP contribution in [0.3, 0.4) is 0 Å². The monoisotopic (exact) mass is 314 g/mol. The summed E-state index contributed by atoms with van der Waals surface area (Å²) in [5.74, 6) is -3.42. The maximum atomic E-state index is 11.0. The Balaban J connectivity index is 0. The number of imide groups is 1. The number of hydrogen-bond acceptors (Lipinski definition) is 7. The average molecular weight is 314 g/mol. The highest BCUT2D eigenvalue weighted by atomic mass is 16.6. The van der Waals surface area contributed by atoms with Crippen molar-refractivity contribution in [2.24, 2.45) is 5.16 Å². The summed E-state index contributed by atoms with van der Waals surface area (Å²) < 4.78 is 0. The standard InChI is InChI=1S/C7H10N4O3.C4H4O4/c1-3-9-7(13)10-6(12)5(4-8)11-14-2;5-3(6)1-2-4(7)8/h3H2,1-2H3,(H2,9,10,12,13);1-2H,(H,5,6)(H,7,8)/b11-5+;2-1+. The van der Waals surface area contributed by atoms with Gasteiger partial charge in [0.2, 0.25) is 5.71 Å². The molecule has 0 fully saturated rings. The molecule has 0 saturated heterocycles. The first-order valence-corrected chi connectivity index (χ1v) is 5.52. The third-order valence-electron chi connectivity index (χ3n) is 1.44. The lowest BCUT2D eigenvalue weighted by atomic mass is 10.4. The van der Waals surface area contributed by atoms with Gasteiger partial charge in [0, 0.05) is 18.7 Å². The van der Waals surface area contributed by atoms with Gasteiger partial charge in [0.05, 0.1) is 0 Å². The predicted octanol–water partition coefficient (Wildman–Crippen LogP) is -0.930. The van der Waals surface area contributed by atoms with Crippen LogP contribution in [0, 0.1) is 11.3 Å². The summed E-state index contributed by atoms with van der Waals surface area (Å²) >= 11 is 0. The van der Waals surface area contributed by atoms with Crippen molar-refractivity contribution >= 4 is 29.6 Å². The van der Waals surface area contributed by atoms with E-state index in [1.807, 2.05) is 5.32 Å². The van der Waals surface area contributed by atoms with E-state index in [9.17, 15) is 19.2 Å². The summed E-state index contributed by atoms with van der Waals surface area (Å²) in [6, 6.07) is 0.799. The van der Waals surface area contributed by atoms with Crippen molar-refractivity contribution in [1.29, 1.82) is 5.26 Å². The molecule has 22 heavy (non-hydrogen) atoms. The normalized spacial score (nSPS) is 9.77. The molecule has 11 heteroatoms. The molecule has 0 aromatic heterocycles. The Kier molecular flexibility index (Phi) is 12.0. The van der Waals surface area contributed by atoms with Crippen LogP contribution in [0.2, 0.25) is 0 Å². The first-order chi connectivity index (χ1) is 10.3. The number of carboxylic acids is 2. The van der Waals surface area contributed by atoms with Gasteiger partial charge in [-0.25, -0.2) is 14.4 Å². The van der Waals surface area contributed by atoms with Crippen molar-refractivity contribution in [3.8, 4) is 6.07 Å². The van der Waals surface area contributed by atoms with E-state index < -0.39 is 29.6 Å². The Bertz CT molecular complexity index is 503. The molecular formula is C11H14N4O7. The fourth-order valence-corrected chi connectivity index (χ4v) is 0.714. The fraction of sp³-hybridized carbons (Fsp3) is 0.273. The number of nitriles is 1. The number of nitrogens with zero attached hydrogens (tertiary/aromatic N) is 2.